The molecule has 1 aliphatic rings. The Bertz CT molecular complexity index is 649. The van der Waals surface area contributed by atoms with Gasteiger partial charge in [0.15, 0.2) is 0 Å². The number of carbonyl (C=O) groups is 1. The quantitative estimate of drug-likeness (QED) is 0.882. The van der Waals surface area contributed by atoms with Crippen molar-refractivity contribution >= 4 is 17.3 Å². The molecule has 0 bridgehead atoms. The number of fused-ring (bicyclic) bond motifs is 1. The van der Waals surface area contributed by atoms with Gasteiger partial charge >= 0.3 is 0 Å². The third-order valence-corrected chi connectivity index (χ3v) is 4.10. The molecule has 1 aliphatic heterocycles. The minimum Gasteiger partial charge on any atom is -0.382 e. The monoisotopic (exact) mass is 280 g/mol. The molecule has 2 unspecified atom stereocenters. The number of anilines is 2. The van der Waals surface area contributed by atoms with Crippen LogP contribution in [0, 0.1) is 12.8 Å². The van der Waals surface area contributed by atoms with Crippen molar-refractivity contribution in [2.45, 2.75) is 26.3 Å². The fourth-order valence-electron chi connectivity index (χ4n) is 2.79. The summed E-state index contributed by atoms with van der Waals surface area (Å²) in [7, 11) is 0. The predicted molar refractivity (Wildman–Crippen MR) is 86.5 cm³/mol. The van der Waals surface area contributed by atoms with E-state index >= 15 is 0 Å². The number of nitrogens with one attached hydrogen (secondary N) is 2. The molecule has 21 heavy (non-hydrogen) atoms. The minimum atomic E-state index is -0.0544. The van der Waals surface area contributed by atoms with E-state index in [1.807, 2.05) is 43.3 Å². The van der Waals surface area contributed by atoms with Crippen LogP contribution in [0.3, 0.4) is 0 Å². The van der Waals surface area contributed by atoms with Gasteiger partial charge in [0.25, 0.3) is 0 Å². The Hall–Kier alpha value is -2.29. The average molecular weight is 280 g/mol. The van der Waals surface area contributed by atoms with Crippen molar-refractivity contribution < 1.29 is 4.79 Å². The van der Waals surface area contributed by atoms with Gasteiger partial charge in [0.05, 0.1) is 5.92 Å². The van der Waals surface area contributed by atoms with Crippen LogP contribution in [0.5, 0.6) is 0 Å². The van der Waals surface area contributed by atoms with Crippen molar-refractivity contribution in [2.75, 3.05) is 10.6 Å². The Morgan fingerprint density at radius 3 is 2.62 bits per heavy atom. The maximum absolute atomic E-state index is 12.5. The van der Waals surface area contributed by atoms with Gasteiger partial charge in [-0.3, -0.25) is 4.79 Å². The van der Waals surface area contributed by atoms with E-state index < -0.39 is 0 Å². The molecule has 2 N–H and O–H groups in total. The van der Waals surface area contributed by atoms with Gasteiger partial charge in [-0.05, 0) is 44.0 Å². The molecule has 0 radical (unpaired) electrons. The lowest BCUT2D eigenvalue weighted by Crippen LogP contribution is -2.40. The van der Waals surface area contributed by atoms with Crippen LogP contribution < -0.4 is 10.6 Å². The van der Waals surface area contributed by atoms with Crippen LogP contribution in [0.1, 0.15) is 18.1 Å². The standard InChI is InChI=1S/C18H20N2O/c1-12-7-9-15(10-8-12)20-18(21)16-11-14-5-3-4-6-17(14)19-13(16)2/h3-10,13,16,19H,11H2,1-2H3,(H,20,21). The fraction of sp³-hybridized carbons (Fsp3) is 0.278. The van der Waals surface area contributed by atoms with Crippen LogP contribution in [0.15, 0.2) is 48.5 Å². The van der Waals surface area contributed by atoms with Gasteiger partial charge in [-0.2, -0.15) is 0 Å². The first-order valence-corrected chi connectivity index (χ1v) is 7.35. The van der Waals surface area contributed by atoms with Crippen LogP contribution in [-0.2, 0) is 11.2 Å². The first kappa shape index (κ1) is 13.7. The third kappa shape index (κ3) is 2.92. The third-order valence-electron chi connectivity index (χ3n) is 4.10. The van der Waals surface area contributed by atoms with E-state index in [-0.39, 0.29) is 17.9 Å². The molecule has 0 saturated carbocycles. The Kier molecular flexibility index (Phi) is 3.65. The first-order valence-electron chi connectivity index (χ1n) is 7.35. The summed E-state index contributed by atoms with van der Waals surface area (Å²) in [5.74, 6) is 0.0227. The van der Waals surface area contributed by atoms with Crippen molar-refractivity contribution in [1.82, 2.24) is 0 Å². The van der Waals surface area contributed by atoms with E-state index in [0.29, 0.717) is 0 Å². The molecule has 3 nitrogen and oxygen atoms in total. The van der Waals surface area contributed by atoms with E-state index in [2.05, 4.69) is 29.7 Å². The topological polar surface area (TPSA) is 41.1 Å². The molecular formula is C18H20N2O. The molecule has 1 heterocycles. The zero-order valence-corrected chi connectivity index (χ0v) is 12.4. The minimum absolute atomic E-state index is 0.0544. The van der Waals surface area contributed by atoms with Crippen LogP contribution >= 0.6 is 0 Å². The lowest BCUT2D eigenvalue weighted by Gasteiger charge is -2.31. The number of amides is 1. The normalized spacial score (nSPS) is 20.3. The second-order valence-corrected chi connectivity index (χ2v) is 5.76. The summed E-state index contributed by atoms with van der Waals surface area (Å²) in [5, 5.41) is 6.45. The summed E-state index contributed by atoms with van der Waals surface area (Å²) in [6, 6.07) is 16.2. The maximum Gasteiger partial charge on any atom is 0.229 e. The number of hydrogen-bond acceptors (Lipinski definition) is 2. The van der Waals surface area contributed by atoms with Gasteiger partial charge in [0.2, 0.25) is 5.91 Å². The Labute approximate surface area is 125 Å². The summed E-state index contributed by atoms with van der Waals surface area (Å²) < 4.78 is 0. The van der Waals surface area contributed by atoms with Gasteiger partial charge in [0, 0.05) is 17.4 Å². The first-order chi connectivity index (χ1) is 10.1. The van der Waals surface area contributed by atoms with Crippen LogP contribution in [0.2, 0.25) is 0 Å². The van der Waals surface area contributed by atoms with E-state index in [4.69, 9.17) is 0 Å². The molecular weight excluding hydrogens is 260 g/mol. The van der Waals surface area contributed by atoms with E-state index in [1.54, 1.807) is 0 Å². The molecule has 2 aromatic rings. The van der Waals surface area contributed by atoms with Crippen molar-refractivity contribution in [2.24, 2.45) is 5.92 Å². The van der Waals surface area contributed by atoms with Crippen LogP contribution in [-0.4, -0.2) is 11.9 Å². The molecule has 3 heteroatoms. The lowest BCUT2D eigenvalue weighted by molar-refractivity contribution is -0.120. The molecule has 0 aromatic heterocycles. The highest BCUT2D eigenvalue weighted by molar-refractivity contribution is 5.94. The number of hydrogen-bond donors (Lipinski definition) is 2. The summed E-state index contributed by atoms with van der Waals surface area (Å²) in [6.07, 6.45) is 0.780. The molecule has 0 aliphatic carbocycles. The number of carbonyl (C=O) groups excluding carboxylic acids is 1. The lowest BCUT2D eigenvalue weighted by atomic mass is 9.87. The second kappa shape index (κ2) is 5.60. The molecule has 0 fully saturated rings. The highest BCUT2D eigenvalue weighted by Crippen LogP contribution is 2.29. The van der Waals surface area contributed by atoms with Crippen LogP contribution in [0.25, 0.3) is 0 Å². The predicted octanol–water partition coefficient (Wildman–Crippen LogP) is 3.61. The summed E-state index contributed by atoms with van der Waals surface area (Å²) >= 11 is 0. The molecule has 2 atom stereocenters. The largest absolute Gasteiger partial charge is 0.382 e. The van der Waals surface area contributed by atoms with Gasteiger partial charge in [-0.1, -0.05) is 35.9 Å². The van der Waals surface area contributed by atoms with Crippen molar-refractivity contribution in [3.8, 4) is 0 Å². The number of benzene rings is 2. The molecule has 2 aromatic carbocycles. The Morgan fingerprint density at radius 2 is 1.86 bits per heavy atom. The molecule has 1 amide bonds. The molecule has 3 rings (SSSR count). The highest BCUT2D eigenvalue weighted by Gasteiger charge is 2.30. The number of aryl methyl sites for hydroxylation is 1. The van der Waals surface area contributed by atoms with Crippen molar-refractivity contribution in [1.29, 1.82) is 0 Å². The Balaban J connectivity index is 1.74. The Morgan fingerprint density at radius 1 is 1.14 bits per heavy atom. The summed E-state index contributed by atoms with van der Waals surface area (Å²) in [4.78, 5) is 12.5. The summed E-state index contributed by atoms with van der Waals surface area (Å²) in [5.41, 5.74) is 4.40. The smallest absolute Gasteiger partial charge is 0.229 e. The maximum atomic E-state index is 12.5. The zero-order valence-electron chi connectivity index (χ0n) is 12.4. The van der Waals surface area contributed by atoms with Crippen molar-refractivity contribution in [3.05, 3.63) is 59.7 Å². The van der Waals surface area contributed by atoms with Gasteiger partial charge < -0.3 is 10.6 Å². The molecule has 0 saturated heterocycles. The number of rotatable bonds is 2. The van der Waals surface area contributed by atoms with Crippen LogP contribution in [0.4, 0.5) is 11.4 Å². The van der Waals surface area contributed by atoms with E-state index in [1.165, 1.54) is 11.1 Å². The highest BCUT2D eigenvalue weighted by atomic mass is 16.1. The second-order valence-electron chi connectivity index (χ2n) is 5.76. The summed E-state index contributed by atoms with van der Waals surface area (Å²) in [6.45, 7) is 4.10. The van der Waals surface area contributed by atoms with Gasteiger partial charge in [-0.25, -0.2) is 0 Å². The molecule has 0 spiro atoms. The zero-order chi connectivity index (χ0) is 14.8. The van der Waals surface area contributed by atoms with E-state index in [9.17, 15) is 4.79 Å². The fourth-order valence-corrected chi connectivity index (χ4v) is 2.79. The average Bonchev–Trinajstić information content (AvgIpc) is 2.49. The van der Waals surface area contributed by atoms with Gasteiger partial charge in [0.1, 0.15) is 0 Å². The molecule has 108 valence electrons. The van der Waals surface area contributed by atoms with Crippen molar-refractivity contribution in [3.63, 3.8) is 0 Å². The van der Waals surface area contributed by atoms with E-state index in [0.717, 1.165) is 17.8 Å². The number of para-hydroxylation sites is 1. The van der Waals surface area contributed by atoms with Gasteiger partial charge in [-0.15, -0.1) is 0 Å². The SMILES string of the molecule is Cc1ccc(NC(=O)C2Cc3ccccc3NC2C)cc1.